The molecule has 0 aliphatic carbocycles. The Morgan fingerprint density at radius 3 is 2.79 bits per heavy atom. The summed E-state index contributed by atoms with van der Waals surface area (Å²) in [4.78, 5) is 7.99. The zero-order valence-electron chi connectivity index (χ0n) is 11.0. The summed E-state index contributed by atoms with van der Waals surface area (Å²) in [6.45, 7) is 2.16. The van der Waals surface area contributed by atoms with Crippen LogP contribution >= 0.6 is 0 Å². The van der Waals surface area contributed by atoms with Crippen molar-refractivity contribution in [3.8, 4) is 0 Å². The van der Waals surface area contributed by atoms with E-state index in [0.29, 0.717) is 0 Å². The Balaban J connectivity index is 1.95. The van der Waals surface area contributed by atoms with Crippen molar-refractivity contribution in [3.05, 3.63) is 59.4 Å². The van der Waals surface area contributed by atoms with Crippen LogP contribution in [-0.2, 0) is 12.8 Å². The number of aryl methyl sites for hydroxylation is 1. The number of anilines is 1. The molecule has 19 heavy (non-hydrogen) atoms. The number of aromatic amines is 1. The van der Waals surface area contributed by atoms with Gasteiger partial charge in [0.15, 0.2) is 0 Å². The minimum atomic E-state index is 0.739. The summed E-state index contributed by atoms with van der Waals surface area (Å²) >= 11 is 0. The number of hydrogen-bond acceptors (Lipinski definition) is 2. The maximum absolute atomic E-state index is 5.97. The summed E-state index contributed by atoms with van der Waals surface area (Å²) in [6.07, 6.45) is 1.78. The van der Waals surface area contributed by atoms with Gasteiger partial charge in [-0.25, -0.2) is 4.98 Å². The SMILES string of the molecule is CCc1ccc2nc(Cc3ccccc3N)[nH]c2c1. The quantitative estimate of drug-likeness (QED) is 0.702. The fraction of sp³-hybridized carbons (Fsp3) is 0.188. The maximum Gasteiger partial charge on any atom is 0.111 e. The van der Waals surface area contributed by atoms with Crippen molar-refractivity contribution >= 4 is 16.7 Å². The van der Waals surface area contributed by atoms with Crippen LogP contribution in [0.1, 0.15) is 23.9 Å². The van der Waals surface area contributed by atoms with Crippen LogP contribution in [0.4, 0.5) is 5.69 Å². The van der Waals surface area contributed by atoms with Gasteiger partial charge in [-0.05, 0) is 35.7 Å². The normalized spacial score (nSPS) is 11.0. The van der Waals surface area contributed by atoms with Crippen molar-refractivity contribution in [3.63, 3.8) is 0 Å². The molecule has 0 spiro atoms. The van der Waals surface area contributed by atoms with Crippen LogP contribution in [0.25, 0.3) is 11.0 Å². The molecular formula is C16H17N3. The highest BCUT2D eigenvalue weighted by atomic mass is 14.9. The average Bonchev–Trinajstić information content (AvgIpc) is 2.82. The fourth-order valence-electron chi connectivity index (χ4n) is 2.29. The number of para-hydroxylation sites is 1. The molecule has 0 radical (unpaired) electrons. The van der Waals surface area contributed by atoms with E-state index < -0.39 is 0 Å². The average molecular weight is 251 g/mol. The fourth-order valence-corrected chi connectivity index (χ4v) is 2.29. The molecule has 96 valence electrons. The summed E-state index contributed by atoms with van der Waals surface area (Å²) in [6, 6.07) is 14.3. The molecular weight excluding hydrogens is 234 g/mol. The molecule has 0 aliphatic heterocycles. The van der Waals surface area contributed by atoms with Crippen molar-refractivity contribution in [1.82, 2.24) is 9.97 Å². The number of aromatic nitrogens is 2. The molecule has 0 saturated heterocycles. The van der Waals surface area contributed by atoms with E-state index >= 15 is 0 Å². The van der Waals surface area contributed by atoms with E-state index in [9.17, 15) is 0 Å². The summed E-state index contributed by atoms with van der Waals surface area (Å²) < 4.78 is 0. The minimum Gasteiger partial charge on any atom is -0.398 e. The number of nitrogens with zero attached hydrogens (tertiary/aromatic N) is 1. The first-order valence-corrected chi connectivity index (χ1v) is 6.57. The Morgan fingerprint density at radius 2 is 2.00 bits per heavy atom. The predicted molar refractivity (Wildman–Crippen MR) is 79.1 cm³/mol. The van der Waals surface area contributed by atoms with Crippen molar-refractivity contribution in [2.24, 2.45) is 0 Å². The van der Waals surface area contributed by atoms with Crippen LogP contribution in [0, 0.1) is 0 Å². The monoisotopic (exact) mass is 251 g/mol. The Morgan fingerprint density at radius 1 is 1.16 bits per heavy atom. The molecule has 0 fully saturated rings. The molecule has 3 rings (SSSR count). The lowest BCUT2D eigenvalue weighted by Crippen LogP contribution is -1.96. The van der Waals surface area contributed by atoms with E-state index in [2.05, 4.69) is 35.1 Å². The van der Waals surface area contributed by atoms with Gasteiger partial charge in [0.2, 0.25) is 0 Å². The predicted octanol–water partition coefficient (Wildman–Crippen LogP) is 3.30. The van der Waals surface area contributed by atoms with Crippen molar-refractivity contribution in [2.45, 2.75) is 19.8 Å². The number of nitrogens with two attached hydrogens (primary N) is 1. The molecule has 1 heterocycles. The van der Waals surface area contributed by atoms with Gasteiger partial charge >= 0.3 is 0 Å². The van der Waals surface area contributed by atoms with Gasteiger partial charge in [-0.3, -0.25) is 0 Å². The molecule has 0 bridgehead atoms. The molecule has 0 aliphatic rings. The van der Waals surface area contributed by atoms with E-state index in [1.54, 1.807) is 0 Å². The Kier molecular flexibility index (Phi) is 2.95. The number of rotatable bonds is 3. The zero-order chi connectivity index (χ0) is 13.2. The molecule has 1 aromatic heterocycles. The molecule has 3 N–H and O–H groups in total. The van der Waals surface area contributed by atoms with Gasteiger partial charge < -0.3 is 10.7 Å². The third kappa shape index (κ3) is 2.32. The molecule has 0 amide bonds. The van der Waals surface area contributed by atoms with Crippen LogP contribution < -0.4 is 5.73 Å². The first kappa shape index (κ1) is 11.8. The Labute approximate surface area is 112 Å². The van der Waals surface area contributed by atoms with E-state index in [1.807, 2.05) is 24.3 Å². The van der Waals surface area contributed by atoms with Crippen LogP contribution in [0.15, 0.2) is 42.5 Å². The van der Waals surface area contributed by atoms with Crippen LogP contribution in [-0.4, -0.2) is 9.97 Å². The summed E-state index contributed by atoms with van der Waals surface area (Å²) in [7, 11) is 0. The lowest BCUT2D eigenvalue weighted by molar-refractivity contribution is 1.04. The third-order valence-corrected chi connectivity index (χ3v) is 3.42. The maximum atomic E-state index is 5.97. The van der Waals surface area contributed by atoms with Crippen molar-refractivity contribution in [1.29, 1.82) is 0 Å². The topological polar surface area (TPSA) is 54.7 Å². The lowest BCUT2D eigenvalue weighted by atomic mass is 10.1. The highest BCUT2D eigenvalue weighted by Crippen LogP contribution is 2.18. The van der Waals surface area contributed by atoms with Gasteiger partial charge in [0.1, 0.15) is 5.82 Å². The van der Waals surface area contributed by atoms with Gasteiger partial charge in [0.05, 0.1) is 11.0 Å². The third-order valence-electron chi connectivity index (χ3n) is 3.42. The molecule has 0 atom stereocenters. The molecule has 2 aromatic carbocycles. The van der Waals surface area contributed by atoms with E-state index in [0.717, 1.165) is 41.0 Å². The number of fused-ring (bicyclic) bond motifs is 1. The molecule has 0 unspecified atom stereocenters. The zero-order valence-corrected chi connectivity index (χ0v) is 11.0. The second-order valence-corrected chi connectivity index (χ2v) is 4.76. The van der Waals surface area contributed by atoms with Crippen molar-refractivity contribution < 1.29 is 0 Å². The number of nitrogens with one attached hydrogen (secondary N) is 1. The molecule has 0 saturated carbocycles. The van der Waals surface area contributed by atoms with Gasteiger partial charge in [-0.2, -0.15) is 0 Å². The first-order valence-electron chi connectivity index (χ1n) is 6.57. The second-order valence-electron chi connectivity index (χ2n) is 4.76. The Bertz CT molecular complexity index is 713. The summed E-state index contributed by atoms with van der Waals surface area (Å²) in [5.74, 6) is 0.959. The number of H-pyrrole nitrogens is 1. The first-order chi connectivity index (χ1) is 9.26. The van der Waals surface area contributed by atoms with Gasteiger partial charge in [0, 0.05) is 12.1 Å². The largest absolute Gasteiger partial charge is 0.398 e. The lowest BCUT2D eigenvalue weighted by Gasteiger charge is -2.02. The molecule has 3 nitrogen and oxygen atoms in total. The smallest absolute Gasteiger partial charge is 0.111 e. The summed E-state index contributed by atoms with van der Waals surface area (Å²) in [5, 5.41) is 0. The van der Waals surface area contributed by atoms with E-state index in [-0.39, 0.29) is 0 Å². The Hall–Kier alpha value is -2.29. The van der Waals surface area contributed by atoms with Gasteiger partial charge in [0.25, 0.3) is 0 Å². The highest BCUT2D eigenvalue weighted by molar-refractivity contribution is 5.76. The van der Waals surface area contributed by atoms with Gasteiger partial charge in [-0.15, -0.1) is 0 Å². The van der Waals surface area contributed by atoms with Crippen LogP contribution in [0.2, 0.25) is 0 Å². The van der Waals surface area contributed by atoms with Crippen LogP contribution in [0.5, 0.6) is 0 Å². The van der Waals surface area contributed by atoms with Crippen LogP contribution in [0.3, 0.4) is 0 Å². The van der Waals surface area contributed by atoms with Gasteiger partial charge in [-0.1, -0.05) is 31.2 Å². The highest BCUT2D eigenvalue weighted by Gasteiger charge is 2.06. The molecule has 3 heteroatoms. The van der Waals surface area contributed by atoms with Crippen molar-refractivity contribution in [2.75, 3.05) is 5.73 Å². The number of nitrogen functional groups attached to an aromatic ring is 1. The minimum absolute atomic E-state index is 0.739. The number of hydrogen-bond donors (Lipinski definition) is 2. The summed E-state index contributed by atoms with van der Waals surface area (Å²) in [5.41, 5.74) is 11.3. The second kappa shape index (κ2) is 4.76. The number of imidazole rings is 1. The standard InChI is InChI=1S/C16H17N3/c1-2-11-7-8-14-15(9-11)19-16(18-14)10-12-5-3-4-6-13(12)17/h3-9H,2,10,17H2,1H3,(H,18,19). The molecule has 3 aromatic rings. The number of benzene rings is 2. The van der Waals surface area contributed by atoms with E-state index in [1.165, 1.54) is 5.56 Å². The van der Waals surface area contributed by atoms with E-state index in [4.69, 9.17) is 5.73 Å².